The summed E-state index contributed by atoms with van der Waals surface area (Å²) in [4.78, 5) is 23.4. The Labute approximate surface area is 71.3 Å². The van der Waals surface area contributed by atoms with E-state index in [0.717, 1.165) is 0 Å². The van der Waals surface area contributed by atoms with E-state index in [1.54, 1.807) is 17.0 Å². The second-order valence-electron chi connectivity index (χ2n) is 2.90. The molecule has 1 aliphatic rings. The lowest BCUT2D eigenvalue weighted by Gasteiger charge is -2.31. The number of hydrogen-bond donors (Lipinski definition) is 1. The number of nitrogens with one attached hydrogen (secondary N) is 1. The highest BCUT2D eigenvalue weighted by molar-refractivity contribution is 5.79. The highest BCUT2D eigenvalue weighted by atomic mass is 16.2. The third kappa shape index (κ3) is 2.20. The minimum absolute atomic E-state index is 0.0370. The van der Waals surface area contributed by atoms with E-state index in [2.05, 4.69) is 5.43 Å². The highest BCUT2D eigenvalue weighted by Gasteiger charge is 2.20. The van der Waals surface area contributed by atoms with Crippen LogP contribution in [0.3, 0.4) is 0 Å². The molecule has 0 saturated carbocycles. The fourth-order valence-electron chi connectivity index (χ4n) is 1.08. The summed E-state index contributed by atoms with van der Waals surface area (Å²) in [6.07, 6.45) is 0. The van der Waals surface area contributed by atoms with Gasteiger partial charge in [-0.2, -0.15) is 0 Å². The number of nitrogens with zero attached hydrogens (tertiary/aromatic N) is 2. The average Bonchev–Trinajstić information content (AvgIpc) is 1.96. The summed E-state index contributed by atoms with van der Waals surface area (Å²) in [5, 5.41) is 1.63. The van der Waals surface area contributed by atoms with Crippen LogP contribution in [0.4, 0.5) is 0 Å². The predicted octanol–water partition coefficient (Wildman–Crippen LogP) is -1.19. The second-order valence-corrected chi connectivity index (χ2v) is 2.90. The van der Waals surface area contributed by atoms with Crippen molar-refractivity contribution in [3.63, 3.8) is 0 Å². The maximum Gasteiger partial charge on any atom is 0.238 e. The number of hydrazine groups is 1. The SMILES string of the molecule is CC(=O)NN1CCN(C)C(=O)C1. The second kappa shape index (κ2) is 3.53. The molecule has 1 rings (SSSR count). The van der Waals surface area contributed by atoms with Crippen molar-refractivity contribution >= 4 is 11.8 Å². The average molecular weight is 171 g/mol. The molecule has 2 amide bonds. The van der Waals surface area contributed by atoms with Gasteiger partial charge in [0, 0.05) is 27.1 Å². The Morgan fingerprint density at radius 3 is 2.67 bits per heavy atom. The summed E-state index contributed by atoms with van der Waals surface area (Å²) in [5.74, 6) is -0.0950. The third-order valence-corrected chi connectivity index (χ3v) is 1.77. The van der Waals surface area contributed by atoms with E-state index >= 15 is 0 Å². The van der Waals surface area contributed by atoms with Crippen LogP contribution in [0.25, 0.3) is 0 Å². The van der Waals surface area contributed by atoms with Crippen LogP contribution < -0.4 is 5.43 Å². The van der Waals surface area contributed by atoms with Gasteiger partial charge in [0.1, 0.15) is 0 Å². The number of amides is 2. The van der Waals surface area contributed by atoms with E-state index in [-0.39, 0.29) is 18.4 Å². The number of likely N-dealkylation sites (N-methyl/N-ethyl adjacent to an activating group) is 1. The van der Waals surface area contributed by atoms with E-state index in [1.807, 2.05) is 0 Å². The topological polar surface area (TPSA) is 52.7 Å². The van der Waals surface area contributed by atoms with E-state index in [4.69, 9.17) is 0 Å². The van der Waals surface area contributed by atoms with Gasteiger partial charge in [0.25, 0.3) is 0 Å². The molecule has 0 spiro atoms. The van der Waals surface area contributed by atoms with Gasteiger partial charge in [-0.05, 0) is 0 Å². The first-order chi connectivity index (χ1) is 5.59. The molecule has 1 aliphatic heterocycles. The highest BCUT2D eigenvalue weighted by Crippen LogP contribution is 1.96. The summed E-state index contributed by atoms with van der Waals surface area (Å²) in [7, 11) is 1.76. The molecule has 0 unspecified atom stereocenters. The molecule has 0 aromatic heterocycles. The molecule has 0 aromatic carbocycles. The summed E-state index contributed by atoms with van der Waals surface area (Å²) >= 11 is 0. The Morgan fingerprint density at radius 2 is 2.17 bits per heavy atom. The Morgan fingerprint density at radius 1 is 1.50 bits per heavy atom. The number of hydrogen-bond acceptors (Lipinski definition) is 3. The Bertz CT molecular complexity index is 205. The molecular weight excluding hydrogens is 158 g/mol. The Balaban J connectivity index is 2.40. The van der Waals surface area contributed by atoms with Crippen LogP contribution in [0.5, 0.6) is 0 Å². The third-order valence-electron chi connectivity index (χ3n) is 1.77. The van der Waals surface area contributed by atoms with E-state index < -0.39 is 0 Å². The summed E-state index contributed by atoms with van der Waals surface area (Å²) in [5.41, 5.74) is 2.58. The van der Waals surface area contributed by atoms with Crippen LogP contribution in [0.15, 0.2) is 0 Å². The maximum absolute atomic E-state index is 11.1. The van der Waals surface area contributed by atoms with Crippen LogP contribution in [0, 0.1) is 0 Å². The lowest BCUT2D eigenvalue weighted by molar-refractivity contribution is -0.138. The van der Waals surface area contributed by atoms with Gasteiger partial charge in [0.15, 0.2) is 0 Å². The molecular formula is C7H13N3O2. The van der Waals surface area contributed by atoms with Gasteiger partial charge >= 0.3 is 0 Å². The van der Waals surface area contributed by atoms with Gasteiger partial charge in [-0.15, -0.1) is 0 Å². The molecule has 12 heavy (non-hydrogen) atoms. The van der Waals surface area contributed by atoms with E-state index in [0.29, 0.717) is 13.1 Å². The van der Waals surface area contributed by atoms with Gasteiger partial charge in [0.2, 0.25) is 11.8 Å². The number of carbonyl (C=O) groups is 2. The zero-order chi connectivity index (χ0) is 9.14. The molecule has 0 aliphatic carbocycles. The molecule has 0 aromatic rings. The predicted molar refractivity (Wildman–Crippen MR) is 43.0 cm³/mol. The van der Waals surface area contributed by atoms with Crippen molar-refractivity contribution in [3.8, 4) is 0 Å². The fourth-order valence-corrected chi connectivity index (χ4v) is 1.08. The monoisotopic (exact) mass is 171 g/mol. The fraction of sp³-hybridized carbons (Fsp3) is 0.714. The zero-order valence-corrected chi connectivity index (χ0v) is 7.33. The van der Waals surface area contributed by atoms with Gasteiger partial charge in [-0.3, -0.25) is 15.0 Å². The van der Waals surface area contributed by atoms with Crippen LogP contribution in [0.2, 0.25) is 0 Å². The molecule has 68 valence electrons. The first-order valence-corrected chi connectivity index (χ1v) is 3.85. The molecule has 5 nitrogen and oxygen atoms in total. The molecule has 1 heterocycles. The van der Waals surface area contributed by atoms with E-state index in [9.17, 15) is 9.59 Å². The maximum atomic E-state index is 11.1. The van der Waals surface area contributed by atoms with Gasteiger partial charge < -0.3 is 4.90 Å². The van der Waals surface area contributed by atoms with Crippen molar-refractivity contribution in [3.05, 3.63) is 0 Å². The summed E-state index contributed by atoms with van der Waals surface area (Å²) < 4.78 is 0. The normalized spacial score (nSPS) is 19.5. The lowest BCUT2D eigenvalue weighted by Crippen LogP contribution is -2.54. The molecule has 1 saturated heterocycles. The van der Waals surface area contributed by atoms with Crippen LogP contribution >= 0.6 is 0 Å². The van der Waals surface area contributed by atoms with Crippen LogP contribution in [0.1, 0.15) is 6.92 Å². The Hall–Kier alpha value is -1.10. The molecule has 0 atom stereocenters. The number of piperazine rings is 1. The van der Waals surface area contributed by atoms with E-state index in [1.165, 1.54) is 6.92 Å². The largest absolute Gasteiger partial charge is 0.343 e. The van der Waals surface area contributed by atoms with Crippen molar-refractivity contribution in [1.82, 2.24) is 15.3 Å². The van der Waals surface area contributed by atoms with Crippen molar-refractivity contribution in [2.75, 3.05) is 26.7 Å². The van der Waals surface area contributed by atoms with Crippen molar-refractivity contribution < 1.29 is 9.59 Å². The van der Waals surface area contributed by atoms with Crippen LogP contribution in [-0.2, 0) is 9.59 Å². The smallest absolute Gasteiger partial charge is 0.238 e. The number of rotatable bonds is 1. The van der Waals surface area contributed by atoms with Crippen molar-refractivity contribution in [1.29, 1.82) is 0 Å². The molecule has 5 heteroatoms. The lowest BCUT2D eigenvalue weighted by atomic mass is 10.4. The minimum Gasteiger partial charge on any atom is -0.343 e. The van der Waals surface area contributed by atoms with Gasteiger partial charge in [-0.1, -0.05) is 0 Å². The first kappa shape index (κ1) is 8.99. The molecule has 1 N–H and O–H groups in total. The minimum atomic E-state index is -0.132. The standard InChI is InChI=1S/C7H13N3O2/c1-6(11)8-10-4-3-9(2)7(12)5-10/h3-5H2,1-2H3,(H,8,11). The summed E-state index contributed by atoms with van der Waals surface area (Å²) in [6.45, 7) is 3.07. The van der Waals surface area contributed by atoms with Gasteiger partial charge in [0.05, 0.1) is 6.54 Å². The molecule has 1 fully saturated rings. The molecule has 0 bridgehead atoms. The molecule has 0 radical (unpaired) electrons. The first-order valence-electron chi connectivity index (χ1n) is 3.85. The Kier molecular flexibility index (Phi) is 2.65. The quantitative estimate of drug-likeness (QED) is 0.540. The summed E-state index contributed by atoms with van der Waals surface area (Å²) in [6, 6.07) is 0. The zero-order valence-electron chi connectivity index (χ0n) is 7.33. The van der Waals surface area contributed by atoms with Crippen molar-refractivity contribution in [2.45, 2.75) is 6.92 Å². The number of carbonyl (C=O) groups excluding carboxylic acids is 2. The van der Waals surface area contributed by atoms with Crippen molar-refractivity contribution in [2.24, 2.45) is 0 Å². The van der Waals surface area contributed by atoms with Gasteiger partial charge in [-0.25, -0.2) is 5.01 Å². The van der Waals surface area contributed by atoms with Crippen LogP contribution in [-0.4, -0.2) is 48.4 Å².